The lowest BCUT2D eigenvalue weighted by Gasteiger charge is -2.14. The average Bonchev–Trinajstić information content (AvgIpc) is 2.77. The first-order valence-electron chi connectivity index (χ1n) is 6.25. The Labute approximate surface area is 117 Å². The number of rotatable bonds is 5. The van der Waals surface area contributed by atoms with E-state index in [2.05, 4.69) is 0 Å². The number of phenolic OH excluding ortho intramolecular Hbond substituents is 2. The Kier molecular flexibility index (Phi) is 4.10. The molecule has 0 aliphatic heterocycles. The van der Waals surface area contributed by atoms with Gasteiger partial charge in [-0.1, -0.05) is 0 Å². The highest BCUT2D eigenvalue weighted by molar-refractivity contribution is 5.98. The summed E-state index contributed by atoms with van der Waals surface area (Å²) in [7, 11) is 1.82. The maximum Gasteiger partial charge on any atom is 0.176 e. The fraction of sp³-hybridized carbons (Fsp3) is 0.267. The Morgan fingerprint density at radius 1 is 1.20 bits per heavy atom. The van der Waals surface area contributed by atoms with E-state index in [4.69, 9.17) is 4.42 Å². The lowest BCUT2D eigenvalue weighted by atomic mass is 10.1. The molecule has 0 amide bonds. The normalized spacial score (nSPS) is 10.9. The van der Waals surface area contributed by atoms with Crippen molar-refractivity contribution in [1.82, 2.24) is 4.90 Å². The summed E-state index contributed by atoms with van der Waals surface area (Å²) in [5.41, 5.74) is 0.364. The highest BCUT2D eigenvalue weighted by Gasteiger charge is 2.12. The molecule has 1 aromatic carbocycles. The molecule has 20 heavy (non-hydrogen) atoms. The molecule has 2 aromatic rings. The number of Topliss-reactive ketones (excluding diaryl/α,β-unsaturated/α-hetero) is 1. The number of likely N-dealkylation sites (N-methyl/N-ethyl adjacent to an activating group) is 1. The van der Waals surface area contributed by atoms with Gasteiger partial charge in [0.2, 0.25) is 0 Å². The Morgan fingerprint density at radius 3 is 2.55 bits per heavy atom. The molecule has 0 aliphatic carbocycles. The van der Waals surface area contributed by atoms with E-state index in [1.165, 1.54) is 18.2 Å². The van der Waals surface area contributed by atoms with Crippen LogP contribution in [0.15, 0.2) is 34.7 Å². The van der Waals surface area contributed by atoms with Crippen molar-refractivity contribution in [3.05, 3.63) is 47.4 Å². The van der Waals surface area contributed by atoms with Crippen molar-refractivity contribution in [1.29, 1.82) is 0 Å². The molecule has 0 atom stereocenters. The van der Waals surface area contributed by atoms with Crippen LogP contribution in [0.25, 0.3) is 0 Å². The molecule has 0 saturated carbocycles. The summed E-state index contributed by atoms with van der Waals surface area (Å²) in [5.74, 6) is 0.974. The first-order valence-corrected chi connectivity index (χ1v) is 6.25. The first-order chi connectivity index (χ1) is 9.45. The second kappa shape index (κ2) is 5.79. The second-order valence-electron chi connectivity index (χ2n) is 4.81. The number of carbonyl (C=O) groups excluding carboxylic acids is 1. The van der Waals surface area contributed by atoms with Gasteiger partial charge in [-0.3, -0.25) is 9.69 Å². The Balaban J connectivity index is 1.98. The van der Waals surface area contributed by atoms with Crippen LogP contribution in [0.5, 0.6) is 11.5 Å². The third kappa shape index (κ3) is 3.39. The van der Waals surface area contributed by atoms with Gasteiger partial charge in [0, 0.05) is 5.56 Å². The number of aryl methyl sites for hydroxylation is 1. The predicted molar refractivity (Wildman–Crippen MR) is 73.9 cm³/mol. The fourth-order valence-electron chi connectivity index (χ4n) is 1.93. The number of phenols is 2. The topological polar surface area (TPSA) is 73.9 Å². The molecule has 0 unspecified atom stereocenters. The standard InChI is InChI=1S/C15H17NO4/c1-10-3-5-12(20-10)8-16(2)9-15(19)11-4-6-13(17)14(18)7-11/h3-7,17-18H,8-9H2,1-2H3. The highest BCUT2D eigenvalue weighted by Crippen LogP contribution is 2.25. The molecule has 5 nitrogen and oxygen atoms in total. The van der Waals surface area contributed by atoms with Gasteiger partial charge in [-0.05, 0) is 44.3 Å². The van der Waals surface area contributed by atoms with E-state index in [0.717, 1.165) is 11.5 Å². The lowest BCUT2D eigenvalue weighted by Crippen LogP contribution is -2.25. The monoisotopic (exact) mass is 275 g/mol. The number of furan rings is 1. The molecule has 106 valence electrons. The van der Waals surface area contributed by atoms with Crippen molar-refractivity contribution in [3.63, 3.8) is 0 Å². The summed E-state index contributed by atoms with van der Waals surface area (Å²) in [6, 6.07) is 7.81. The van der Waals surface area contributed by atoms with Crippen molar-refractivity contribution in [2.75, 3.05) is 13.6 Å². The molecule has 0 bridgehead atoms. The summed E-state index contributed by atoms with van der Waals surface area (Å²) < 4.78 is 5.45. The SMILES string of the molecule is Cc1ccc(CN(C)CC(=O)c2ccc(O)c(O)c2)o1. The van der Waals surface area contributed by atoms with Crippen LogP contribution < -0.4 is 0 Å². The maximum absolute atomic E-state index is 12.0. The number of benzene rings is 1. The van der Waals surface area contributed by atoms with Crippen LogP contribution in [0.3, 0.4) is 0 Å². The molecular weight excluding hydrogens is 258 g/mol. The van der Waals surface area contributed by atoms with Crippen LogP contribution in [-0.2, 0) is 6.54 Å². The molecule has 0 radical (unpaired) electrons. The molecule has 0 spiro atoms. The van der Waals surface area contributed by atoms with Crippen LogP contribution in [0, 0.1) is 6.92 Å². The van der Waals surface area contributed by atoms with Gasteiger partial charge in [-0.15, -0.1) is 0 Å². The molecule has 0 fully saturated rings. The third-order valence-electron chi connectivity index (χ3n) is 2.93. The molecular formula is C15H17NO4. The summed E-state index contributed by atoms with van der Waals surface area (Å²) in [6.45, 7) is 2.60. The van der Waals surface area contributed by atoms with E-state index in [-0.39, 0.29) is 23.8 Å². The minimum atomic E-state index is -0.292. The zero-order chi connectivity index (χ0) is 14.7. The van der Waals surface area contributed by atoms with Gasteiger partial charge in [0.25, 0.3) is 0 Å². The van der Waals surface area contributed by atoms with Gasteiger partial charge in [0.1, 0.15) is 11.5 Å². The highest BCUT2D eigenvalue weighted by atomic mass is 16.3. The quantitative estimate of drug-likeness (QED) is 0.647. The number of carbonyl (C=O) groups is 1. The van der Waals surface area contributed by atoms with Crippen molar-refractivity contribution in [3.8, 4) is 11.5 Å². The van der Waals surface area contributed by atoms with Crippen LogP contribution in [0.1, 0.15) is 21.9 Å². The molecule has 1 heterocycles. The van der Waals surface area contributed by atoms with Gasteiger partial charge in [0.15, 0.2) is 17.3 Å². The Hall–Kier alpha value is -2.27. The van der Waals surface area contributed by atoms with E-state index < -0.39 is 0 Å². The van der Waals surface area contributed by atoms with Crippen LogP contribution in [0.2, 0.25) is 0 Å². The molecule has 0 saturated heterocycles. The van der Waals surface area contributed by atoms with Crippen molar-refractivity contribution >= 4 is 5.78 Å². The summed E-state index contributed by atoms with van der Waals surface area (Å²) in [6.07, 6.45) is 0. The van der Waals surface area contributed by atoms with E-state index >= 15 is 0 Å². The predicted octanol–water partition coefficient (Wildman–Crippen LogP) is 2.31. The number of ketones is 1. The molecule has 2 N–H and O–H groups in total. The van der Waals surface area contributed by atoms with Crippen LogP contribution in [0.4, 0.5) is 0 Å². The Bertz CT molecular complexity index is 618. The van der Waals surface area contributed by atoms with Gasteiger partial charge >= 0.3 is 0 Å². The average molecular weight is 275 g/mol. The van der Waals surface area contributed by atoms with E-state index in [1.807, 2.05) is 31.0 Å². The zero-order valence-corrected chi connectivity index (χ0v) is 11.5. The zero-order valence-electron chi connectivity index (χ0n) is 11.5. The molecule has 5 heteroatoms. The number of aromatic hydroxyl groups is 2. The van der Waals surface area contributed by atoms with Gasteiger partial charge < -0.3 is 14.6 Å². The lowest BCUT2D eigenvalue weighted by molar-refractivity contribution is 0.0939. The number of nitrogens with zero attached hydrogens (tertiary/aromatic N) is 1. The van der Waals surface area contributed by atoms with E-state index in [1.54, 1.807) is 0 Å². The van der Waals surface area contributed by atoms with Crippen molar-refractivity contribution in [2.45, 2.75) is 13.5 Å². The minimum absolute atomic E-state index is 0.133. The largest absolute Gasteiger partial charge is 0.504 e. The second-order valence-corrected chi connectivity index (χ2v) is 4.81. The fourth-order valence-corrected chi connectivity index (χ4v) is 1.93. The minimum Gasteiger partial charge on any atom is -0.504 e. The third-order valence-corrected chi connectivity index (χ3v) is 2.93. The summed E-state index contributed by atoms with van der Waals surface area (Å²) >= 11 is 0. The first kappa shape index (κ1) is 14.1. The smallest absolute Gasteiger partial charge is 0.176 e. The van der Waals surface area contributed by atoms with Gasteiger partial charge in [-0.2, -0.15) is 0 Å². The molecule has 0 aliphatic rings. The molecule has 2 rings (SSSR count). The summed E-state index contributed by atoms with van der Waals surface area (Å²) in [4.78, 5) is 13.9. The maximum atomic E-state index is 12.0. The molecule has 1 aromatic heterocycles. The summed E-state index contributed by atoms with van der Waals surface area (Å²) in [5, 5.41) is 18.6. The van der Waals surface area contributed by atoms with E-state index in [0.29, 0.717) is 12.1 Å². The van der Waals surface area contributed by atoms with Crippen LogP contribution >= 0.6 is 0 Å². The van der Waals surface area contributed by atoms with Crippen molar-refractivity contribution in [2.24, 2.45) is 0 Å². The number of hydrogen-bond acceptors (Lipinski definition) is 5. The van der Waals surface area contributed by atoms with Gasteiger partial charge in [0.05, 0.1) is 13.1 Å². The van der Waals surface area contributed by atoms with Gasteiger partial charge in [-0.25, -0.2) is 0 Å². The van der Waals surface area contributed by atoms with Crippen molar-refractivity contribution < 1.29 is 19.4 Å². The van der Waals surface area contributed by atoms with E-state index in [9.17, 15) is 15.0 Å². The van der Waals surface area contributed by atoms with Crippen LogP contribution in [-0.4, -0.2) is 34.5 Å². The number of hydrogen-bond donors (Lipinski definition) is 2. The Morgan fingerprint density at radius 2 is 1.95 bits per heavy atom.